The van der Waals surface area contributed by atoms with Gasteiger partial charge in [-0.15, -0.1) is 0 Å². The number of hydrogen-bond donors (Lipinski definition) is 1. The summed E-state index contributed by atoms with van der Waals surface area (Å²) in [6.07, 6.45) is -1.94. The Hall–Kier alpha value is -0.740. The molecule has 0 aliphatic rings. The van der Waals surface area contributed by atoms with Crippen molar-refractivity contribution in [2.75, 3.05) is 6.54 Å². The minimum Gasteiger partial charge on any atom is -0.305 e. The molecule has 0 bridgehead atoms. The van der Waals surface area contributed by atoms with Crippen molar-refractivity contribution in [2.24, 2.45) is 0 Å². The molecule has 0 spiro atoms. The molecular weight excluding hydrogens is 239 g/mol. The molecule has 1 rings (SSSR count). The highest BCUT2D eigenvalue weighted by Crippen LogP contribution is 2.25. The van der Waals surface area contributed by atoms with E-state index in [-0.39, 0.29) is 10.6 Å². The van der Waals surface area contributed by atoms with Gasteiger partial charge in [-0.05, 0) is 25.1 Å². The summed E-state index contributed by atoms with van der Waals surface area (Å²) in [6, 6.07) is 2.46. The second kappa shape index (κ2) is 6.11. The number of rotatable bonds is 5. The largest absolute Gasteiger partial charge is 0.305 e. The maximum absolute atomic E-state index is 13.4. The molecule has 0 aliphatic heterocycles. The Labute approximate surface area is 97.6 Å². The minimum atomic E-state index is -2.65. The van der Waals surface area contributed by atoms with E-state index < -0.39 is 18.3 Å². The van der Waals surface area contributed by atoms with Gasteiger partial charge in [0, 0.05) is 10.6 Å². The summed E-state index contributed by atoms with van der Waals surface area (Å²) in [4.78, 5) is 0. The third-order valence-electron chi connectivity index (χ3n) is 2.16. The first-order chi connectivity index (χ1) is 7.56. The molecule has 1 N–H and O–H groups in total. The average Bonchev–Trinajstić information content (AvgIpc) is 2.20. The van der Waals surface area contributed by atoms with Crippen LogP contribution < -0.4 is 5.32 Å². The van der Waals surface area contributed by atoms with Crippen molar-refractivity contribution < 1.29 is 13.2 Å². The van der Waals surface area contributed by atoms with Crippen LogP contribution in [0.15, 0.2) is 18.2 Å². The lowest BCUT2D eigenvalue weighted by Gasteiger charge is -2.18. The van der Waals surface area contributed by atoms with Gasteiger partial charge in [-0.3, -0.25) is 0 Å². The molecular formula is C11H13ClF3N. The van der Waals surface area contributed by atoms with Crippen LogP contribution >= 0.6 is 11.6 Å². The molecule has 0 fully saturated rings. The van der Waals surface area contributed by atoms with Crippen molar-refractivity contribution in [3.05, 3.63) is 34.6 Å². The maximum Gasteiger partial charge on any atom is 0.257 e. The molecule has 90 valence electrons. The summed E-state index contributed by atoms with van der Waals surface area (Å²) in [7, 11) is 0. The molecule has 5 heteroatoms. The lowest BCUT2D eigenvalue weighted by molar-refractivity contribution is 0.0967. The van der Waals surface area contributed by atoms with Gasteiger partial charge < -0.3 is 5.32 Å². The molecule has 0 heterocycles. The summed E-state index contributed by atoms with van der Waals surface area (Å²) in [5, 5.41) is 2.81. The summed E-state index contributed by atoms with van der Waals surface area (Å²) < 4.78 is 38.9. The quantitative estimate of drug-likeness (QED) is 0.840. The highest BCUT2D eigenvalue weighted by atomic mass is 35.5. The minimum absolute atomic E-state index is 0.0483. The zero-order chi connectivity index (χ0) is 12.1. The third-order valence-corrected chi connectivity index (χ3v) is 2.40. The third kappa shape index (κ3) is 3.39. The molecule has 0 saturated heterocycles. The maximum atomic E-state index is 13.4. The van der Waals surface area contributed by atoms with E-state index in [4.69, 9.17) is 11.6 Å². The number of halogens is 4. The molecule has 0 amide bonds. The topological polar surface area (TPSA) is 12.0 Å². The molecule has 16 heavy (non-hydrogen) atoms. The van der Waals surface area contributed by atoms with E-state index in [1.54, 1.807) is 0 Å². The van der Waals surface area contributed by atoms with E-state index in [2.05, 4.69) is 5.32 Å². The fourth-order valence-corrected chi connectivity index (χ4v) is 1.55. The zero-order valence-electron chi connectivity index (χ0n) is 8.81. The van der Waals surface area contributed by atoms with Crippen LogP contribution in [0.2, 0.25) is 5.02 Å². The van der Waals surface area contributed by atoms with Gasteiger partial charge in [0.05, 0.1) is 6.04 Å². The Balaban J connectivity index is 2.92. The van der Waals surface area contributed by atoms with Crippen LogP contribution in [-0.4, -0.2) is 13.0 Å². The van der Waals surface area contributed by atoms with E-state index in [0.717, 1.165) is 6.07 Å². The Bertz CT molecular complexity index is 344. The first kappa shape index (κ1) is 13.3. The Kier molecular flexibility index (Phi) is 5.09. The normalized spacial score (nSPS) is 13.1. The van der Waals surface area contributed by atoms with Gasteiger partial charge in [-0.2, -0.15) is 0 Å². The first-order valence-corrected chi connectivity index (χ1v) is 5.40. The molecule has 0 aromatic heterocycles. The molecule has 1 nitrogen and oxygen atoms in total. The van der Waals surface area contributed by atoms with Crippen molar-refractivity contribution in [1.82, 2.24) is 5.32 Å². The Morgan fingerprint density at radius 3 is 2.56 bits per heavy atom. The number of benzene rings is 1. The van der Waals surface area contributed by atoms with Gasteiger partial charge in [-0.1, -0.05) is 24.6 Å². The van der Waals surface area contributed by atoms with Crippen LogP contribution in [0.3, 0.4) is 0 Å². The monoisotopic (exact) mass is 251 g/mol. The van der Waals surface area contributed by atoms with E-state index in [1.807, 2.05) is 6.92 Å². The van der Waals surface area contributed by atoms with Crippen molar-refractivity contribution in [2.45, 2.75) is 25.8 Å². The number of alkyl halides is 2. The summed E-state index contributed by atoms with van der Waals surface area (Å²) in [6.45, 7) is 2.27. The summed E-state index contributed by atoms with van der Waals surface area (Å²) in [5.74, 6) is -0.707. The van der Waals surface area contributed by atoms with E-state index in [0.29, 0.717) is 13.0 Å². The second-order valence-corrected chi connectivity index (χ2v) is 3.87. The SMILES string of the molecule is CCCNC(c1ccc(Cl)cc1F)C(F)F. The Morgan fingerprint density at radius 1 is 1.38 bits per heavy atom. The van der Waals surface area contributed by atoms with Gasteiger partial charge in [0.15, 0.2) is 0 Å². The molecule has 1 aromatic rings. The first-order valence-electron chi connectivity index (χ1n) is 5.02. The van der Waals surface area contributed by atoms with Crippen molar-refractivity contribution >= 4 is 11.6 Å². The predicted octanol–water partition coefficient (Wildman–Crippen LogP) is 3.78. The van der Waals surface area contributed by atoms with Crippen LogP contribution in [0.4, 0.5) is 13.2 Å². The van der Waals surface area contributed by atoms with Crippen molar-refractivity contribution in [3.63, 3.8) is 0 Å². The summed E-state index contributed by atoms with van der Waals surface area (Å²) in [5.41, 5.74) is -0.0483. The van der Waals surface area contributed by atoms with Crippen LogP contribution in [0.25, 0.3) is 0 Å². The van der Waals surface area contributed by atoms with Crippen LogP contribution in [0.5, 0.6) is 0 Å². The number of nitrogens with one attached hydrogen (secondary N) is 1. The van der Waals surface area contributed by atoms with Gasteiger partial charge in [0.1, 0.15) is 5.82 Å². The Morgan fingerprint density at radius 2 is 2.06 bits per heavy atom. The molecule has 0 radical (unpaired) electrons. The second-order valence-electron chi connectivity index (χ2n) is 3.43. The van der Waals surface area contributed by atoms with Gasteiger partial charge in [0.25, 0.3) is 6.43 Å². The van der Waals surface area contributed by atoms with E-state index >= 15 is 0 Å². The van der Waals surface area contributed by atoms with E-state index in [9.17, 15) is 13.2 Å². The zero-order valence-corrected chi connectivity index (χ0v) is 9.57. The highest BCUT2D eigenvalue weighted by Gasteiger charge is 2.24. The van der Waals surface area contributed by atoms with E-state index in [1.165, 1.54) is 12.1 Å². The lowest BCUT2D eigenvalue weighted by atomic mass is 10.1. The van der Waals surface area contributed by atoms with Crippen LogP contribution in [0, 0.1) is 5.82 Å². The predicted molar refractivity (Wildman–Crippen MR) is 58.4 cm³/mol. The van der Waals surface area contributed by atoms with Gasteiger partial charge >= 0.3 is 0 Å². The summed E-state index contributed by atoms with van der Waals surface area (Å²) >= 11 is 5.56. The van der Waals surface area contributed by atoms with Crippen molar-refractivity contribution in [3.8, 4) is 0 Å². The molecule has 0 aliphatic carbocycles. The van der Waals surface area contributed by atoms with Gasteiger partial charge in [-0.25, -0.2) is 13.2 Å². The fourth-order valence-electron chi connectivity index (χ4n) is 1.39. The lowest BCUT2D eigenvalue weighted by Crippen LogP contribution is -2.28. The molecule has 1 unspecified atom stereocenters. The molecule has 1 atom stereocenters. The van der Waals surface area contributed by atoms with Crippen LogP contribution in [0.1, 0.15) is 24.9 Å². The highest BCUT2D eigenvalue weighted by molar-refractivity contribution is 6.30. The molecule has 1 aromatic carbocycles. The van der Waals surface area contributed by atoms with Crippen molar-refractivity contribution in [1.29, 1.82) is 0 Å². The standard InChI is InChI=1S/C11H13ClF3N/c1-2-5-16-10(11(14)15)8-4-3-7(12)6-9(8)13/h3-4,6,10-11,16H,2,5H2,1H3. The molecule has 0 saturated carbocycles. The van der Waals surface area contributed by atoms with Gasteiger partial charge in [0.2, 0.25) is 0 Å². The number of hydrogen-bond acceptors (Lipinski definition) is 1. The fraction of sp³-hybridized carbons (Fsp3) is 0.455. The smallest absolute Gasteiger partial charge is 0.257 e. The average molecular weight is 252 g/mol. The van der Waals surface area contributed by atoms with Crippen LogP contribution in [-0.2, 0) is 0 Å².